The Morgan fingerprint density at radius 3 is 2.70 bits per heavy atom. The molecule has 37 heavy (non-hydrogen) atoms. The third kappa shape index (κ3) is 6.74. The number of halogens is 1. The Morgan fingerprint density at radius 2 is 1.95 bits per heavy atom. The predicted molar refractivity (Wildman–Crippen MR) is 145 cm³/mol. The summed E-state index contributed by atoms with van der Waals surface area (Å²) in [4.78, 5) is 31.2. The minimum Gasteiger partial charge on any atom is -0.493 e. The van der Waals surface area contributed by atoms with Crippen molar-refractivity contribution in [3.63, 3.8) is 0 Å². The second kappa shape index (κ2) is 12.8. The largest absolute Gasteiger partial charge is 0.493 e. The molecule has 10 heteroatoms. The van der Waals surface area contributed by atoms with Crippen LogP contribution in [0.3, 0.4) is 0 Å². The molecule has 1 N–H and O–H groups in total. The highest BCUT2D eigenvalue weighted by Gasteiger charge is 2.33. The zero-order chi connectivity index (χ0) is 26.2. The van der Waals surface area contributed by atoms with E-state index in [1.807, 2.05) is 35.7 Å². The highest BCUT2D eigenvalue weighted by Crippen LogP contribution is 2.35. The topological polar surface area (TPSA) is 80.3 Å². The van der Waals surface area contributed by atoms with Gasteiger partial charge in [0.05, 0.1) is 19.8 Å². The highest BCUT2D eigenvalue weighted by atomic mass is 35.5. The van der Waals surface area contributed by atoms with Crippen molar-refractivity contribution in [2.45, 2.75) is 12.5 Å². The number of carbonyl (C=O) groups is 2. The lowest BCUT2D eigenvalue weighted by Crippen LogP contribution is -2.49. The Labute approximate surface area is 225 Å². The third-order valence-electron chi connectivity index (χ3n) is 6.14. The molecule has 2 aromatic carbocycles. The average Bonchev–Trinajstić information content (AvgIpc) is 3.39. The number of para-hydroxylation sites is 2. The molecule has 3 aromatic rings. The molecule has 0 saturated heterocycles. The van der Waals surface area contributed by atoms with Crippen LogP contribution in [0.1, 0.15) is 16.5 Å². The second-order valence-corrected chi connectivity index (χ2v) is 9.91. The van der Waals surface area contributed by atoms with E-state index in [4.69, 9.17) is 25.8 Å². The van der Waals surface area contributed by atoms with Gasteiger partial charge in [-0.15, -0.1) is 11.3 Å². The van der Waals surface area contributed by atoms with Crippen LogP contribution in [0.2, 0.25) is 5.02 Å². The number of carbonyl (C=O) groups excluding carboxylic acids is 2. The summed E-state index contributed by atoms with van der Waals surface area (Å²) < 4.78 is 16.7. The smallest absolute Gasteiger partial charge is 0.322 e. The Morgan fingerprint density at radius 1 is 1.14 bits per heavy atom. The van der Waals surface area contributed by atoms with E-state index in [0.29, 0.717) is 35.4 Å². The van der Waals surface area contributed by atoms with Gasteiger partial charge in [0, 0.05) is 35.8 Å². The summed E-state index contributed by atoms with van der Waals surface area (Å²) in [6.07, 6.45) is 0.761. The number of benzene rings is 2. The molecule has 1 aliphatic heterocycles. The maximum absolute atomic E-state index is 13.6. The van der Waals surface area contributed by atoms with Crippen molar-refractivity contribution in [3.05, 3.63) is 75.4 Å². The molecule has 0 unspecified atom stereocenters. The minimum absolute atomic E-state index is 0.0968. The zero-order valence-corrected chi connectivity index (χ0v) is 22.4. The normalized spacial score (nSPS) is 14.6. The van der Waals surface area contributed by atoms with Crippen LogP contribution in [0, 0.1) is 0 Å². The predicted octanol–water partition coefficient (Wildman–Crippen LogP) is 5.10. The van der Waals surface area contributed by atoms with Gasteiger partial charge in [0.2, 0.25) is 5.91 Å². The molecule has 0 fully saturated rings. The number of thiophene rings is 1. The Balaban J connectivity index is 1.50. The molecule has 1 atom stereocenters. The van der Waals surface area contributed by atoms with E-state index < -0.39 is 6.03 Å². The summed E-state index contributed by atoms with van der Waals surface area (Å²) in [5.74, 6) is 1.08. The van der Waals surface area contributed by atoms with Crippen molar-refractivity contribution in [1.82, 2.24) is 9.80 Å². The van der Waals surface area contributed by atoms with Crippen LogP contribution in [-0.4, -0.2) is 68.8 Å². The highest BCUT2D eigenvalue weighted by molar-refractivity contribution is 7.10. The number of fused-ring (bicyclic) bond motifs is 1. The van der Waals surface area contributed by atoms with E-state index in [-0.39, 0.29) is 31.6 Å². The molecule has 8 nitrogen and oxygen atoms in total. The fraction of sp³-hybridized carbons (Fsp3) is 0.333. The molecule has 1 aliphatic rings. The average molecular weight is 544 g/mol. The summed E-state index contributed by atoms with van der Waals surface area (Å²) in [7, 11) is 3.15. The van der Waals surface area contributed by atoms with Crippen LogP contribution >= 0.6 is 22.9 Å². The van der Waals surface area contributed by atoms with Gasteiger partial charge in [0.1, 0.15) is 13.2 Å². The molecule has 0 bridgehead atoms. The number of urea groups is 1. The van der Waals surface area contributed by atoms with E-state index >= 15 is 0 Å². The SMILES string of the molecule is COCCN(CC(=O)N1CCc2sccc2[C@@H]1COc1ccccc1OC)C(=O)Nc1cccc(Cl)c1. The summed E-state index contributed by atoms with van der Waals surface area (Å²) in [5, 5.41) is 5.37. The lowest BCUT2D eigenvalue weighted by Gasteiger charge is -2.37. The molecule has 3 amide bonds. The Kier molecular flexibility index (Phi) is 9.27. The van der Waals surface area contributed by atoms with Crippen molar-refractivity contribution in [1.29, 1.82) is 0 Å². The molecular formula is C27H30ClN3O5S. The monoisotopic (exact) mass is 543 g/mol. The first-order chi connectivity index (χ1) is 18.0. The van der Waals surface area contributed by atoms with Gasteiger partial charge in [0.15, 0.2) is 11.5 Å². The van der Waals surface area contributed by atoms with Crippen molar-refractivity contribution < 1.29 is 23.8 Å². The zero-order valence-electron chi connectivity index (χ0n) is 20.8. The minimum atomic E-state index is -0.400. The quantitative estimate of drug-likeness (QED) is 0.385. The molecule has 0 aliphatic carbocycles. The van der Waals surface area contributed by atoms with Gasteiger partial charge < -0.3 is 29.3 Å². The van der Waals surface area contributed by atoms with Gasteiger partial charge in [-0.25, -0.2) is 4.79 Å². The summed E-state index contributed by atoms with van der Waals surface area (Å²) in [5.41, 5.74) is 1.63. The van der Waals surface area contributed by atoms with E-state index in [2.05, 4.69) is 5.32 Å². The van der Waals surface area contributed by atoms with E-state index in [1.54, 1.807) is 54.7 Å². The lowest BCUT2D eigenvalue weighted by molar-refractivity contribution is -0.135. The van der Waals surface area contributed by atoms with E-state index in [0.717, 1.165) is 12.0 Å². The number of methoxy groups -OCH3 is 2. The standard InChI is InChI=1S/C27H30ClN3O5S/c1-34-14-13-30(27(33)29-20-7-5-6-19(28)16-20)17-26(32)31-12-10-25-21(11-15-37-25)22(31)18-36-24-9-4-3-8-23(24)35-2/h3-9,11,15-16,22H,10,12-14,17-18H2,1-2H3,(H,29,33)/t22-/m0/s1. The van der Waals surface area contributed by atoms with Crippen LogP contribution in [0.4, 0.5) is 10.5 Å². The van der Waals surface area contributed by atoms with Crippen LogP contribution in [-0.2, 0) is 16.0 Å². The first-order valence-corrected chi connectivity index (χ1v) is 13.2. The first-order valence-electron chi connectivity index (χ1n) is 11.9. The molecule has 196 valence electrons. The molecular weight excluding hydrogens is 514 g/mol. The number of rotatable bonds is 10. The summed E-state index contributed by atoms with van der Waals surface area (Å²) >= 11 is 7.74. The van der Waals surface area contributed by atoms with Gasteiger partial charge in [-0.3, -0.25) is 4.79 Å². The molecule has 0 spiro atoms. The van der Waals surface area contributed by atoms with Crippen molar-refractivity contribution in [3.8, 4) is 11.5 Å². The van der Waals surface area contributed by atoms with Crippen molar-refractivity contribution in [2.24, 2.45) is 0 Å². The van der Waals surface area contributed by atoms with Crippen LogP contribution in [0.15, 0.2) is 60.0 Å². The molecule has 2 heterocycles. The fourth-order valence-corrected chi connectivity index (χ4v) is 5.38. The maximum atomic E-state index is 13.6. The number of anilines is 1. The molecule has 0 radical (unpaired) electrons. The van der Waals surface area contributed by atoms with Crippen LogP contribution < -0.4 is 14.8 Å². The summed E-state index contributed by atoms with van der Waals surface area (Å²) in [6.45, 7) is 1.27. The number of hydrogen-bond acceptors (Lipinski definition) is 6. The molecule has 0 saturated carbocycles. The van der Waals surface area contributed by atoms with E-state index in [1.165, 1.54) is 9.78 Å². The maximum Gasteiger partial charge on any atom is 0.322 e. The van der Waals surface area contributed by atoms with Crippen molar-refractivity contribution in [2.75, 3.05) is 52.4 Å². The fourth-order valence-electron chi connectivity index (χ4n) is 4.26. The molecule has 1 aromatic heterocycles. The van der Waals surface area contributed by atoms with E-state index in [9.17, 15) is 9.59 Å². The number of nitrogens with one attached hydrogen (secondary N) is 1. The third-order valence-corrected chi connectivity index (χ3v) is 7.37. The van der Waals surface area contributed by atoms with Crippen molar-refractivity contribution >= 4 is 40.6 Å². The van der Waals surface area contributed by atoms with Gasteiger partial charge in [0.25, 0.3) is 0 Å². The van der Waals surface area contributed by atoms with Gasteiger partial charge >= 0.3 is 6.03 Å². The van der Waals surface area contributed by atoms with Crippen LogP contribution in [0.25, 0.3) is 0 Å². The van der Waals surface area contributed by atoms with Gasteiger partial charge in [-0.05, 0) is 53.8 Å². The summed E-state index contributed by atoms with van der Waals surface area (Å²) in [6, 6.07) is 15.7. The second-order valence-electron chi connectivity index (χ2n) is 8.47. The first kappa shape index (κ1) is 26.8. The van der Waals surface area contributed by atoms with Gasteiger partial charge in [-0.2, -0.15) is 0 Å². The number of ether oxygens (including phenoxy) is 3. The number of hydrogen-bond donors (Lipinski definition) is 1. The molecule has 4 rings (SSSR count). The van der Waals surface area contributed by atoms with Gasteiger partial charge in [-0.1, -0.05) is 29.8 Å². The number of nitrogens with zero attached hydrogens (tertiary/aromatic N) is 2. The lowest BCUT2D eigenvalue weighted by atomic mass is 10.0. The number of amides is 3. The Hall–Kier alpha value is -3.27. The Bertz CT molecular complexity index is 1220. The van der Waals surface area contributed by atoms with Crippen LogP contribution in [0.5, 0.6) is 11.5 Å².